The fraction of sp³-hybridized carbons (Fsp3) is 0.278. The third-order valence-electron chi connectivity index (χ3n) is 4.63. The van der Waals surface area contributed by atoms with Crippen molar-refractivity contribution in [1.29, 1.82) is 0 Å². The molecule has 2 aromatic carbocycles. The number of phenols is 1. The van der Waals surface area contributed by atoms with Gasteiger partial charge in [0.2, 0.25) is 10.0 Å². The maximum Gasteiger partial charge on any atom is 0.243 e. The van der Waals surface area contributed by atoms with Crippen molar-refractivity contribution in [3.05, 3.63) is 59.7 Å². The van der Waals surface area contributed by atoms with Crippen LogP contribution in [-0.4, -0.2) is 41.8 Å². The quantitative estimate of drug-likeness (QED) is 0.472. The first kappa shape index (κ1) is 19.2. The minimum Gasteiger partial charge on any atom is -0.508 e. The lowest BCUT2D eigenvalue weighted by Gasteiger charge is -2.31. The molecule has 3 rings (SSSR count). The third kappa shape index (κ3) is 3.93. The summed E-state index contributed by atoms with van der Waals surface area (Å²) in [7, 11) is -3.72. The predicted molar refractivity (Wildman–Crippen MR) is 94.3 cm³/mol. The van der Waals surface area contributed by atoms with Crippen molar-refractivity contribution in [3.8, 4) is 5.75 Å². The van der Waals surface area contributed by atoms with Gasteiger partial charge in [0.05, 0.1) is 10.6 Å². The summed E-state index contributed by atoms with van der Waals surface area (Å²) in [4.78, 5) is 0.0689. The van der Waals surface area contributed by atoms with E-state index in [0.29, 0.717) is 18.9 Å². The Morgan fingerprint density at radius 2 is 1.70 bits per heavy atom. The molecule has 0 saturated carbocycles. The normalized spacial score (nSPS) is 17.2. The van der Waals surface area contributed by atoms with Crippen LogP contribution in [0.2, 0.25) is 0 Å². The summed E-state index contributed by atoms with van der Waals surface area (Å²) >= 11 is 0. The Bertz CT molecular complexity index is 954. The maximum absolute atomic E-state index is 14.0. The predicted octanol–water partition coefficient (Wildman–Crippen LogP) is 2.95. The van der Waals surface area contributed by atoms with Gasteiger partial charge in [0.1, 0.15) is 17.4 Å². The van der Waals surface area contributed by atoms with Gasteiger partial charge in [-0.05, 0) is 49.2 Å². The van der Waals surface area contributed by atoms with E-state index >= 15 is 0 Å². The second kappa shape index (κ2) is 7.61. The molecule has 1 heterocycles. The van der Waals surface area contributed by atoms with Gasteiger partial charge in [-0.3, -0.25) is 0 Å². The third-order valence-corrected chi connectivity index (χ3v) is 6.54. The summed E-state index contributed by atoms with van der Waals surface area (Å²) in [5, 5.41) is 21.8. The van der Waals surface area contributed by atoms with Crippen LogP contribution in [0.1, 0.15) is 18.4 Å². The molecule has 0 aromatic heterocycles. The molecule has 6 nitrogen and oxygen atoms in total. The number of benzene rings is 2. The van der Waals surface area contributed by atoms with Crippen molar-refractivity contribution < 1.29 is 27.5 Å². The highest BCUT2D eigenvalue weighted by molar-refractivity contribution is 7.89. The SMILES string of the molecule is O=S(=O)(c1ccc(O)cc1)N1CCC(/C(=N/O)c2ccc(F)cc2F)CC1. The van der Waals surface area contributed by atoms with Crippen LogP contribution < -0.4 is 0 Å². The molecular formula is C18H18F2N2O4S. The number of hydrogen-bond donors (Lipinski definition) is 2. The molecule has 0 radical (unpaired) electrons. The van der Waals surface area contributed by atoms with E-state index in [-0.39, 0.29) is 40.9 Å². The van der Waals surface area contributed by atoms with Crippen LogP contribution in [0.25, 0.3) is 0 Å². The van der Waals surface area contributed by atoms with Crippen molar-refractivity contribution in [3.63, 3.8) is 0 Å². The molecule has 2 aromatic rings. The topological polar surface area (TPSA) is 90.2 Å². The second-order valence-electron chi connectivity index (χ2n) is 6.28. The van der Waals surface area contributed by atoms with Crippen LogP contribution in [-0.2, 0) is 10.0 Å². The lowest BCUT2D eigenvalue weighted by atomic mass is 9.88. The molecule has 1 fully saturated rings. The summed E-state index contributed by atoms with van der Waals surface area (Å²) in [5.41, 5.74) is 0.0768. The first-order valence-corrected chi connectivity index (χ1v) is 9.73. The van der Waals surface area contributed by atoms with E-state index in [9.17, 15) is 27.5 Å². The molecule has 0 spiro atoms. The number of nitrogens with zero attached hydrogens (tertiary/aromatic N) is 2. The van der Waals surface area contributed by atoms with Crippen molar-refractivity contribution >= 4 is 15.7 Å². The fourth-order valence-corrected chi connectivity index (χ4v) is 4.66. The molecule has 0 aliphatic carbocycles. The molecule has 27 heavy (non-hydrogen) atoms. The zero-order chi connectivity index (χ0) is 19.6. The van der Waals surface area contributed by atoms with E-state index in [2.05, 4.69) is 5.16 Å². The standard InChI is InChI=1S/C18H18F2N2O4S/c19-13-1-6-16(17(20)11-13)18(21-24)12-7-9-22(10-8-12)27(25,26)15-4-2-14(23)3-5-15/h1-6,11-12,23-24H,7-10H2/b21-18-. The lowest BCUT2D eigenvalue weighted by molar-refractivity contribution is 0.292. The average Bonchev–Trinajstić information content (AvgIpc) is 2.65. The van der Waals surface area contributed by atoms with Crippen LogP contribution in [0.5, 0.6) is 5.75 Å². The van der Waals surface area contributed by atoms with Gasteiger partial charge in [-0.2, -0.15) is 4.31 Å². The van der Waals surface area contributed by atoms with E-state index in [0.717, 1.165) is 6.07 Å². The Kier molecular flexibility index (Phi) is 5.43. The Labute approximate surface area is 155 Å². The van der Waals surface area contributed by atoms with E-state index in [1.165, 1.54) is 34.6 Å². The van der Waals surface area contributed by atoms with Crippen LogP contribution in [0.15, 0.2) is 52.5 Å². The zero-order valence-electron chi connectivity index (χ0n) is 14.2. The average molecular weight is 396 g/mol. The first-order chi connectivity index (χ1) is 12.8. The molecule has 0 atom stereocenters. The van der Waals surface area contributed by atoms with Gasteiger partial charge in [0.15, 0.2) is 0 Å². The van der Waals surface area contributed by atoms with Crippen LogP contribution in [0.4, 0.5) is 8.78 Å². The first-order valence-electron chi connectivity index (χ1n) is 8.29. The zero-order valence-corrected chi connectivity index (χ0v) is 15.0. The minimum atomic E-state index is -3.72. The number of rotatable bonds is 4. The van der Waals surface area contributed by atoms with Gasteiger partial charge < -0.3 is 10.3 Å². The highest BCUT2D eigenvalue weighted by Crippen LogP contribution is 2.28. The minimum absolute atomic E-state index is 0.00117. The number of hydrogen-bond acceptors (Lipinski definition) is 5. The Morgan fingerprint density at radius 3 is 2.26 bits per heavy atom. The van der Waals surface area contributed by atoms with Gasteiger partial charge in [-0.25, -0.2) is 17.2 Å². The molecule has 0 amide bonds. The lowest BCUT2D eigenvalue weighted by Crippen LogP contribution is -2.40. The van der Waals surface area contributed by atoms with Crippen molar-refractivity contribution in [2.75, 3.05) is 13.1 Å². The highest BCUT2D eigenvalue weighted by atomic mass is 32.2. The molecular weight excluding hydrogens is 378 g/mol. The molecule has 144 valence electrons. The molecule has 0 unspecified atom stereocenters. The smallest absolute Gasteiger partial charge is 0.243 e. The molecule has 1 aliphatic rings. The van der Waals surface area contributed by atoms with Gasteiger partial charge in [-0.15, -0.1) is 0 Å². The largest absolute Gasteiger partial charge is 0.508 e. The summed E-state index contributed by atoms with van der Waals surface area (Å²) in [5.74, 6) is -1.95. The van der Waals surface area contributed by atoms with Crippen LogP contribution in [0, 0.1) is 17.6 Å². The van der Waals surface area contributed by atoms with E-state index in [4.69, 9.17) is 0 Å². The summed E-state index contributed by atoms with van der Waals surface area (Å²) in [6.07, 6.45) is 0.654. The van der Waals surface area contributed by atoms with Gasteiger partial charge in [-0.1, -0.05) is 5.16 Å². The number of phenolic OH excluding ortho intramolecular Hbond substituents is 1. The highest BCUT2D eigenvalue weighted by Gasteiger charge is 2.32. The summed E-state index contributed by atoms with van der Waals surface area (Å²) in [6.45, 7) is 0.325. The van der Waals surface area contributed by atoms with Crippen LogP contribution in [0.3, 0.4) is 0 Å². The van der Waals surface area contributed by atoms with Crippen molar-refractivity contribution in [2.45, 2.75) is 17.7 Å². The molecule has 1 saturated heterocycles. The Hall–Kier alpha value is -2.52. The number of sulfonamides is 1. The molecule has 9 heteroatoms. The Balaban J connectivity index is 1.75. The monoisotopic (exact) mass is 396 g/mol. The number of aromatic hydroxyl groups is 1. The van der Waals surface area contributed by atoms with Crippen molar-refractivity contribution in [2.24, 2.45) is 11.1 Å². The van der Waals surface area contributed by atoms with E-state index < -0.39 is 21.7 Å². The number of oxime groups is 1. The van der Waals surface area contributed by atoms with Gasteiger partial charge in [0.25, 0.3) is 0 Å². The van der Waals surface area contributed by atoms with Crippen molar-refractivity contribution in [1.82, 2.24) is 4.31 Å². The maximum atomic E-state index is 14.0. The summed E-state index contributed by atoms with van der Waals surface area (Å²) in [6, 6.07) is 8.25. The molecule has 2 N–H and O–H groups in total. The number of piperidine rings is 1. The van der Waals surface area contributed by atoms with Crippen LogP contribution >= 0.6 is 0 Å². The van der Waals surface area contributed by atoms with Gasteiger partial charge >= 0.3 is 0 Å². The fourth-order valence-electron chi connectivity index (χ4n) is 3.19. The van der Waals surface area contributed by atoms with E-state index in [1.807, 2.05) is 0 Å². The molecule has 1 aliphatic heterocycles. The van der Waals surface area contributed by atoms with E-state index in [1.54, 1.807) is 0 Å². The second-order valence-corrected chi connectivity index (χ2v) is 8.22. The number of halogens is 2. The molecule has 0 bridgehead atoms. The Morgan fingerprint density at radius 1 is 1.07 bits per heavy atom. The van der Waals surface area contributed by atoms with Gasteiger partial charge in [0, 0.05) is 30.6 Å². The summed E-state index contributed by atoms with van der Waals surface area (Å²) < 4.78 is 53.7.